The molecule has 0 unspecified atom stereocenters. The summed E-state index contributed by atoms with van der Waals surface area (Å²) in [4.78, 5) is 25.3. The van der Waals surface area contributed by atoms with E-state index < -0.39 is 6.03 Å². The average Bonchev–Trinajstić information content (AvgIpc) is 2.36. The van der Waals surface area contributed by atoms with Crippen LogP contribution in [0.3, 0.4) is 0 Å². The van der Waals surface area contributed by atoms with E-state index in [0.29, 0.717) is 24.5 Å². The molecule has 0 heterocycles. The van der Waals surface area contributed by atoms with Crippen LogP contribution in [0.2, 0.25) is 0 Å². The number of hydrogen-bond donors (Lipinski definition) is 3. The number of carbonyl (C=O) groups excluding carboxylic acids is 2. The van der Waals surface area contributed by atoms with Crippen LogP contribution in [-0.4, -0.2) is 49.1 Å². The summed E-state index contributed by atoms with van der Waals surface area (Å²) < 4.78 is 0. The summed E-state index contributed by atoms with van der Waals surface area (Å²) >= 11 is 0. The lowest BCUT2D eigenvalue weighted by Crippen LogP contribution is -2.47. The molecule has 0 aromatic rings. The molecule has 0 atom stereocenters. The van der Waals surface area contributed by atoms with E-state index in [2.05, 4.69) is 10.6 Å². The number of carbonyl (C=O) groups is 2. The van der Waals surface area contributed by atoms with Gasteiger partial charge in [-0.05, 0) is 38.6 Å². The predicted octanol–water partition coefficient (Wildman–Crippen LogP) is 0.670. The number of nitrogens with two attached hydrogens (primary N) is 1. The van der Waals surface area contributed by atoms with Gasteiger partial charge in [-0.1, -0.05) is 13.8 Å². The molecule has 20 heavy (non-hydrogen) atoms. The van der Waals surface area contributed by atoms with Gasteiger partial charge in [0.25, 0.3) is 0 Å². The fourth-order valence-electron chi connectivity index (χ4n) is 2.41. The van der Waals surface area contributed by atoms with Crippen molar-refractivity contribution in [3.63, 3.8) is 0 Å². The Balaban J connectivity index is 2.25. The van der Waals surface area contributed by atoms with Crippen LogP contribution in [0, 0.1) is 5.92 Å². The van der Waals surface area contributed by atoms with Gasteiger partial charge in [0.05, 0.1) is 6.54 Å². The minimum atomic E-state index is -0.414. The first kappa shape index (κ1) is 16.9. The van der Waals surface area contributed by atoms with Crippen LogP contribution in [0.4, 0.5) is 4.79 Å². The van der Waals surface area contributed by atoms with Gasteiger partial charge in [0.15, 0.2) is 0 Å². The van der Waals surface area contributed by atoms with Crippen molar-refractivity contribution in [3.8, 4) is 0 Å². The second-order valence-corrected chi connectivity index (χ2v) is 6.14. The van der Waals surface area contributed by atoms with Crippen molar-refractivity contribution in [2.45, 2.75) is 51.6 Å². The summed E-state index contributed by atoms with van der Waals surface area (Å²) in [5.74, 6) is 0.105. The fraction of sp³-hybridized carbons (Fsp3) is 0.857. The topological polar surface area (TPSA) is 87.5 Å². The second kappa shape index (κ2) is 8.21. The van der Waals surface area contributed by atoms with Crippen LogP contribution in [0.1, 0.15) is 39.5 Å². The number of urea groups is 1. The van der Waals surface area contributed by atoms with Crippen LogP contribution in [0.25, 0.3) is 0 Å². The van der Waals surface area contributed by atoms with Gasteiger partial charge in [0.1, 0.15) is 0 Å². The molecular formula is C14H28N4O2. The Morgan fingerprint density at radius 3 is 2.40 bits per heavy atom. The smallest absolute Gasteiger partial charge is 0.321 e. The number of nitrogens with one attached hydrogen (secondary N) is 2. The zero-order valence-corrected chi connectivity index (χ0v) is 12.8. The first-order chi connectivity index (χ1) is 9.38. The maximum absolute atomic E-state index is 11.8. The first-order valence-electron chi connectivity index (χ1n) is 7.42. The molecule has 1 rings (SSSR count). The predicted molar refractivity (Wildman–Crippen MR) is 79.2 cm³/mol. The highest BCUT2D eigenvalue weighted by Crippen LogP contribution is 2.20. The highest BCUT2D eigenvalue weighted by molar-refractivity contribution is 5.95. The number of imide groups is 1. The molecule has 0 aliphatic heterocycles. The Morgan fingerprint density at radius 1 is 1.25 bits per heavy atom. The van der Waals surface area contributed by atoms with Crippen LogP contribution in [-0.2, 0) is 4.79 Å². The van der Waals surface area contributed by atoms with Crippen molar-refractivity contribution in [1.29, 1.82) is 0 Å². The number of rotatable bonds is 5. The maximum Gasteiger partial charge on any atom is 0.321 e. The lowest BCUT2D eigenvalue weighted by molar-refractivity contribution is -0.121. The van der Waals surface area contributed by atoms with Crippen LogP contribution >= 0.6 is 0 Å². The lowest BCUT2D eigenvalue weighted by Gasteiger charge is -2.32. The summed E-state index contributed by atoms with van der Waals surface area (Å²) in [6.45, 7) is 4.82. The summed E-state index contributed by atoms with van der Waals surface area (Å²) in [6, 6.07) is 0.275. The average molecular weight is 284 g/mol. The van der Waals surface area contributed by atoms with Crippen LogP contribution in [0.15, 0.2) is 0 Å². The minimum Gasteiger partial charge on any atom is -0.338 e. The zero-order valence-electron chi connectivity index (χ0n) is 12.8. The molecule has 3 amide bonds. The number of amides is 3. The summed E-state index contributed by atoms with van der Waals surface area (Å²) in [5, 5.41) is 5.02. The fourth-order valence-corrected chi connectivity index (χ4v) is 2.41. The molecule has 6 nitrogen and oxygen atoms in total. The Bertz CT molecular complexity index is 325. The number of hydrogen-bond acceptors (Lipinski definition) is 4. The highest BCUT2D eigenvalue weighted by atomic mass is 16.2. The molecule has 116 valence electrons. The molecule has 0 saturated heterocycles. The summed E-state index contributed by atoms with van der Waals surface area (Å²) in [6.07, 6.45) is 4.05. The van der Waals surface area contributed by atoms with E-state index in [9.17, 15) is 9.59 Å². The molecule has 1 aliphatic rings. The van der Waals surface area contributed by atoms with Gasteiger partial charge in [-0.15, -0.1) is 0 Å². The van der Waals surface area contributed by atoms with Gasteiger partial charge < -0.3 is 11.1 Å². The lowest BCUT2D eigenvalue weighted by atomic mass is 9.91. The van der Waals surface area contributed by atoms with Gasteiger partial charge in [-0.25, -0.2) is 4.79 Å². The standard InChI is InChI=1S/C14H28N4O2/c1-10(2)8-16-14(20)17-13(19)9-18(3)12-6-4-11(15)5-7-12/h10-12H,4-9,15H2,1-3H3,(H2,16,17,19,20). The molecule has 0 aromatic carbocycles. The minimum absolute atomic E-state index is 0.245. The van der Waals surface area contributed by atoms with Crippen LogP contribution < -0.4 is 16.4 Å². The number of likely N-dealkylation sites (N-methyl/N-ethyl adjacent to an activating group) is 1. The molecular weight excluding hydrogens is 256 g/mol. The van der Waals surface area contributed by atoms with E-state index in [1.54, 1.807) is 0 Å². The van der Waals surface area contributed by atoms with E-state index in [0.717, 1.165) is 25.7 Å². The molecule has 0 bridgehead atoms. The third kappa shape index (κ3) is 6.34. The molecule has 1 aliphatic carbocycles. The quantitative estimate of drug-likeness (QED) is 0.692. The normalized spacial score (nSPS) is 22.9. The second-order valence-electron chi connectivity index (χ2n) is 6.14. The van der Waals surface area contributed by atoms with Crippen LogP contribution in [0.5, 0.6) is 0 Å². The van der Waals surface area contributed by atoms with E-state index >= 15 is 0 Å². The maximum atomic E-state index is 11.8. The Labute approximate surface area is 121 Å². The van der Waals surface area contributed by atoms with E-state index in [1.807, 2.05) is 25.8 Å². The highest BCUT2D eigenvalue weighted by Gasteiger charge is 2.23. The zero-order chi connectivity index (χ0) is 15.1. The SMILES string of the molecule is CC(C)CNC(=O)NC(=O)CN(C)C1CCC(N)CC1. The van der Waals surface area contributed by atoms with Gasteiger partial charge in [0, 0.05) is 18.6 Å². The van der Waals surface area contributed by atoms with E-state index in [4.69, 9.17) is 5.73 Å². The van der Waals surface area contributed by atoms with Crippen molar-refractivity contribution in [2.75, 3.05) is 20.1 Å². The number of nitrogens with zero attached hydrogens (tertiary/aromatic N) is 1. The van der Waals surface area contributed by atoms with Crippen molar-refractivity contribution >= 4 is 11.9 Å². The Kier molecular flexibility index (Phi) is 6.95. The molecule has 0 spiro atoms. The molecule has 6 heteroatoms. The Hall–Kier alpha value is -1.14. The summed E-state index contributed by atoms with van der Waals surface area (Å²) in [7, 11) is 1.92. The molecule has 4 N–H and O–H groups in total. The third-order valence-electron chi connectivity index (χ3n) is 3.68. The van der Waals surface area contributed by atoms with E-state index in [1.165, 1.54) is 0 Å². The molecule has 0 radical (unpaired) electrons. The van der Waals surface area contributed by atoms with Crippen molar-refractivity contribution < 1.29 is 9.59 Å². The molecule has 1 fully saturated rings. The monoisotopic (exact) mass is 284 g/mol. The Morgan fingerprint density at radius 2 is 1.85 bits per heavy atom. The largest absolute Gasteiger partial charge is 0.338 e. The van der Waals surface area contributed by atoms with Gasteiger partial charge in [0.2, 0.25) is 5.91 Å². The van der Waals surface area contributed by atoms with Crippen molar-refractivity contribution in [3.05, 3.63) is 0 Å². The molecule has 0 aromatic heterocycles. The van der Waals surface area contributed by atoms with Crippen molar-refractivity contribution in [1.82, 2.24) is 15.5 Å². The van der Waals surface area contributed by atoms with Gasteiger partial charge in [-0.2, -0.15) is 0 Å². The van der Waals surface area contributed by atoms with Crippen molar-refractivity contribution in [2.24, 2.45) is 11.7 Å². The van der Waals surface area contributed by atoms with E-state index in [-0.39, 0.29) is 12.5 Å². The summed E-state index contributed by atoms with van der Waals surface area (Å²) in [5.41, 5.74) is 5.87. The third-order valence-corrected chi connectivity index (χ3v) is 3.68. The van der Waals surface area contributed by atoms with Gasteiger partial charge in [-0.3, -0.25) is 15.0 Å². The first-order valence-corrected chi connectivity index (χ1v) is 7.42. The molecule has 1 saturated carbocycles. The van der Waals surface area contributed by atoms with Gasteiger partial charge >= 0.3 is 6.03 Å².